The van der Waals surface area contributed by atoms with Crippen molar-refractivity contribution in [2.24, 2.45) is 0 Å². The van der Waals surface area contributed by atoms with Crippen LogP contribution in [0.1, 0.15) is 24.4 Å². The average Bonchev–Trinajstić information content (AvgIpc) is 3.05. The molecule has 6 heteroatoms. The summed E-state index contributed by atoms with van der Waals surface area (Å²) in [4.78, 5) is 23.3. The van der Waals surface area contributed by atoms with Gasteiger partial charge in [-0.25, -0.2) is 4.98 Å². The summed E-state index contributed by atoms with van der Waals surface area (Å²) in [6.45, 7) is 4.52. The molecule has 6 nitrogen and oxygen atoms in total. The van der Waals surface area contributed by atoms with Crippen LogP contribution in [-0.4, -0.2) is 74.2 Å². The van der Waals surface area contributed by atoms with Crippen LogP contribution >= 0.6 is 0 Å². The van der Waals surface area contributed by atoms with E-state index < -0.39 is 0 Å². The molecule has 2 saturated heterocycles. The van der Waals surface area contributed by atoms with Crippen LogP contribution in [-0.2, 0) is 9.53 Å². The SMILES string of the molecule is CN(C)c1cc([C@H]2CCCN2C(=O)CN2CCOCC2)ccn1. The number of aromatic nitrogens is 1. The molecule has 0 aromatic carbocycles. The predicted molar refractivity (Wildman–Crippen MR) is 89.5 cm³/mol. The minimum Gasteiger partial charge on any atom is -0.379 e. The Kier molecular flexibility index (Phi) is 5.13. The molecule has 23 heavy (non-hydrogen) atoms. The highest BCUT2D eigenvalue weighted by atomic mass is 16.5. The Balaban J connectivity index is 1.69. The van der Waals surface area contributed by atoms with Crippen molar-refractivity contribution in [3.63, 3.8) is 0 Å². The first-order chi connectivity index (χ1) is 11.1. The molecule has 126 valence electrons. The number of anilines is 1. The van der Waals surface area contributed by atoms with Gasteiger partial charge < -0.3 is 14.5 Å². The van der Waals surface area contributed by atoms with E-state index in [0.29, 0.717) is 6.54 Å². The Morgan fingerprint density at radius 3 is 2.87 bits per heavy atom. The van der Waals surface area contributed by atoms with Crippen molar-refractivity contribution < 1.29 is 9.53 Å². The van der Waals surface area contributed by atoms with Gasteiger partial charge in [0, 0.05) is 39.9 Å². The van der Waals surface area contributed by atoms with Gasteiger partial charge in [0.2, 0.25) is 5.91 Å². The third-order valence-corrected chi connectivity index (χ3v) is 4.65. The summed E-state index contributed by atoms with van der Waals surface area (Å²) in [6.07, 6.45) is 3.94. The summed E-state index contributed by atoms with van der Waals surface area (Å²) < 4.78 is 5.35. The Labute approximate surface area is 138 Å². The van der Waals surface area contributed by atoms with E-state index in [-0.39, 0.29) is 11.9 Å². The minimum absolute atomic E-state index is 0.185. The minimum atomic E-state index is 0.185. The molecule has 3 heterocycles. The number of carbonyl (C=O) groups is 1. The lowest BCUT2D eigenvalue weighted by Crippen LogP contribution is -2.44. The van der Waals surface area contributed by atoms with E-state index in [9.17, 15) is 4.79 Å². The van der Waals surface area contributed by atoms with Gasteiger partial charge >= 0.3 is 0 Å². The number of ether oxygens (including phenoxy) is 1. The number of likely N-dealkylation sites (tertiary alicyclic amines) is 1. The van der Waals surface area contributed by atoms with Crippen LogP contribution in [0.15, 0.2) is 18.3 Å². The van der Waals surface area contributed by atoms with Gasteiger partial charge in [-0.2, -0.15) is 0 Å². The first-order valence-electron chi connectivity index (χ1n) is 8.38. The molecular weight excluding hydrogens is 292 g/mol. The summed E-state index contributed by atoms with van der Waals surface area (Å²) >= 11 is 0. The van der Waals surface area contributed by atoms with E-state index >= 15 is 0 Å². The quantitative estimate of drug-likeness (QED) is 0.833. The molecule has 1 aromatic heterocycles. The monoisotopic (exact) mass is 318 g/mol. The molecule has 0 spiro atoms. The van der Waals surface area contributed by atoms with Crippen LogP contribution in [0.4, 0.5) is 5.82 Å². The summed E-state index contributed by atoms with van der Waals surface area (Å²) in [7, 11) is 3.98. The van der Waals surface area contributed by atoms with Crippen LogP contribution in [0.25, 0.3) is 0 Å². The Hall–Kier alpha value is -1.66. The number of nitrogens with zero attached hydrogens (tertiary/aromatic N) is 4. The van der Waals surface area contributed by atoms with Crippen LogP contribution < -0.4 is 4.90 Å². The maximum atomic E-state index is 12.7. The van der Waals surface area contributed by atoms with E-state index in [1.807, 2.05) is 36.2 Å². The van der Waals surface area contributed by atoms with Crippen LogP contribution in [0.2, 0.25) is 0 Å². The van der Waals surface area contributed by atoms with Crippen molar-refractivity contribution in [3.05, 3.63) is 23.9 Å². The topological polar surface area (TPSA) is 48.9 Å². The van der Waals surface area contributed by atoms with Gasteiger partial charge in [0.1, 0.15) is 5.82 Å². The Morgan fingerprint density at radius 1 is 1.35 bits per heavy atom. The number of rotatable bonds is 4. The standard InChI is InChI=1S/C17H26N4O2/c1-19(2)16-12-14(5-6-18-16)15-4-3-7-21(15)17(22)13-20-8-10-23-11-9-20/h5-6,12,15H,3-4,7-11,13H2,1-2H3/t15-/m1/s1. The molecule has 3 rings (SSSR count). The van der Waals surface area contributed by atoms with Gasteiger partial charge in [-0.3, -0.25) is 9.69 Å². The highest BCUT2D eigenvalue weighted by Gasteiger charge is 2.31. The van der Waals surface area contributed by atoms with Crippen molar-refractivity contribution in [3.8, 4) is 0 Å². The van der Waals surface area contributed by atoms with Crippen LogP contribution in [0.5, 0.6) is 0 Å². The normalized spacial score (nSPS) is 22.3. The first-order valence-corrected chi connectivity index (χ1v) is 8.38. The van der Waals surface area contributed by atoms with Crippen molar-refractivity contribution in [1.29, 1.82) is 0 Å². The summed E-state index contributed by atoms with van der Waals surface area (Å²) in [5.74, 6) is 1.17. The van der Waals surface area contributed by atoms with Crippen molar-refractivity contribution >= 4 is 11.7 Å². The average molecular weight is 318 g/mol. The summed E-state index contributed by atoms with van der Waals surface area (Å²) in [5, 5.41) is 0. The van der Waals surface area contributed by atoms with E-state index in [4.69, 9.17) is 4.74 Å². The van der Waals surface area contributed by atoms with E-state index in [2.05, 4.69) is 16.0 Å². The number of hydrogen-bond acceptors (Lipinski definition) is 5. The van der Waals surface area contributed by atoms with Crippen LogP contribution in [0, 0.1) is 0 Å². The largest absolute Gasteiger partial charge is 0.379 e. The number of amides is 1. The molecule has 2 aliphatic rings. The second kappa shape index (κ2) is 7.27. The van der Waals surface area contributed by atoms with E-state index in [0.717, 1.165) is 51.5 Å². The highest BCUT2D eigenvalue weighted by Crippen LogP contribution is 2.33. The molecular formula is C17H26N4O2. The fourth-order valence-corrected chi connectivity index (χ4v) is 3.34. The number of pyridine rings is 1. The maximum absolute atomic E-state index is 12.7. The third kappa shape index (κ3) is 3.82. The van der Waals surface area contributed by atoms with Crippen LogP contribution in [0.3, 0.4) is 0 Å². The molecule has 0 N–H and O–H groups in total. The third-order valence-electron chi connectivity index (χ3n) is 4.65. The zero-order chi connectivity index (χ0) is 16.2. The van der Waals surface area contributed by atoms with Gasteiger partial charge in [0.05, 0.1) is 25.8 Å². The number of carbonyl (C=O) groups excluding carboxylic acids is 1. The molecule has 1 aromatic rings. The molecule has 2 fully saturated rings. The molecule has 0 unspecified atom stereocenters. The fraction of sp³-hybridized carbons (Fsp3) is 0.647. The zero-order valence-electron chi connectivity index (χ0n) is 14.1. The zero-order valence-corrected chi connectivity index (χ0v) is 14.1. The highest BCUT2D eigenvalue weighted by molar-refractivity contribution is 5.79. The van der Waals surface area contributed by atoms with E-state index in [1.165, 1.54) is 5.56 Å². The molecule has 1 amide bonds. The van der Waals surface area contributed by atoms with Crippen molar-refractivity contribution in [2.75, 3.05) is 58.4 Å². The maximum Gasteiger partial charge on any atom is 0.237 e. The van der Waals surface area contributed by atoms with Gasteiger partial charge in [0.15, 0.2) is 0 Å². The Bertz CT molecular complexity index is 543. The number of morpholine rings is 1. The summed E-state index contributed by atoms with van der Waals surface area (Å²) in [5.41, 5.74) is 1.19. The van der Waals surface area contributed by atoms with E-state index in [1.54, 1.807) is 0 Å². The van der Waals surface area contributed by atoms with Gasteiger partial charge in [0.25, 0.3) is 0 Å². The van der Waals surface area contributed by atoms with Gasteiger partial charge in [-0.05, 0) is 30.5 Å². The second-order valence-electron chi connectivity index (χ2n) is 6.48. The summed E-state index contributed by atoms with van der Waals surface area (Å²) in [6, 6.07) is 4.33. The predicted octanol–water partition coefficient (Wildman–Crippen LogP) is 1.14. The number of hydrogen-bond donors (Lipinski definition) is 0. The van der Waals surface area contributed by atoms with Crippen molar-refractivity contribution in [2.45, 2.75) is 18.9 Å². The lowest BCUT2D eigenvalue weighted by molar-refractivity contribution is -0.134. The fourth-order valence-electron chi connectivity index (χ4n) is 3.34. The molecule has 0 saturated carbocycles. The second-order valence-corrected chi connectivity index (χ2v) is 6.48. The van der Waals surface area contributed by atoms with Crippen molar-refractivity contribution in [1.82, 2.24) is 14.8 Å². The molecule has 2 aliphatic heterocycles. The molecule has 1 atom stereocenters. The molecule has 0 radical (unpaired) electrons. The first kappa shape index (κ1) is 16.2. The van der Waals surface area contributed by atoms with Gasteiger partial charge in [-0.1, -0.05) is 0 Å². The van der Waals surface area contributed by atoms with Gasteiger partial charge in [-0.15, -0.1) is 0 Å². The lowest BCUT2D eigenvalue weighted by atomic mass is 10.1. The molecule has 0 aliphatic carbocycles. The Morgan fingerprint density at radius 2 is 2.13 bits per heavy atom. The lowest BCUT2D eigenvalue weighted by Gasteiger charge is -2.31. The smallest absolute Gasteiger partial charge is 0.237 e. The molecule has 0 bridgehead atoms.